The summed E-state index contributed by atoms with van der Waals surface area (Å²) < 4.78 is 29.1. The van der Waals surface area contributed by atoms with Gasteiger partial charge in [-0.2, -0.15) is 0 Å². The molecule has 0 aliphatic heterocycles. The minimum atomic E-state index is -3.96. The van der Waals surface area contributed by atoms with E-state index in [1.807, 2.05) is 27.0 Å². The molecule has 0 fully saturated rings. The van der Waals surface area contributed by atoms with Crippen molar-refractivity contribution in [1.29, 1.82) is 0 Å². The highest BCUT2D eigenvalue weighted by molar-refractivity contribution is 7.92. The number of fused-ring (bicyclic) bond motifs is 1. The molecule has 0 atom stereocenters. The topological polar surface area (TPSA) is 80.5 Å². The molecule has 3 heterocycles. The number of nitrogens with one attached hydrogen (secondary N) is 1. The first-order valence-corrected chi connectivity index (χ1v) is 10.6. The van der Waals surface area contributed by atoms with E-state index in [9.17, 15) is 13.2 Å². The third kappa shape index (κ3) is 3.24. The van der Waals surface area contributed by atoms with E-state index in [2.05, 4.69) is 9.71 Å². The highest BCUT2D eigenvalue weighted by Gasteiger charge is 2.26. The van der Waals surface area contributed by atoms with Gasteiger partial charge in [0.25, 0.3) is 15.9 Å². The largest absolute Gasteiger partial charge is 0.305 e. The Morgan fingerprint density at radius 2 is 1.96 bits per heavy atom. The molecule has 0 aromatic carbocycles. The average molecular weight is 412 g/mol. The second-order valence-corrected chi connectivity index (χ2v) is 9.55. The average Bonchev–Trinajstić information content (AvgIpc) is 3.12. The summed E-state index contributed by atoms with van der Waals surface area (Å²) in [5.74, 6) is -0.786. The molecule has 0 unspecified atom stereocenters. The third-order valence-electron chi connectivity index (χ3n) is 4.32. The number of aromatic nitrogens is 2. The Kier molecular flexibility index (Phi) is 4.85. The Balaban J connectivity index is 1.96. The number of pyridine rings is 1. The van der Waals surface area contributed by atoms with Crippen molar-refractivity contribution in [2.75, 3.05) is 0 Å². The summed E-state index contributed by atoms with van der Waals surface area (Å²) >= 11 is 7.35. The molecule has 0 radical (unpaired) electrons. The number of halogens is 1. The van der Waals surface area contributed by atoms with E-state index >= 15 is 0 Å². The monoisotopic (exact) mass is 411 g/mol. The summed E-state index contributed by atoms with van der Waals surface area (Å²) in [6.45, 7) is 7.43. The van der Waals surface area contributed by atoms with Crippen molar-refractivity contribution in [1.82, 2.24) is 14.1 Å². The van der Waals surface area contributed by atoms with Crippen molar-refractivity contribution < 1.29 is 13.2 Å². The lowest BCUT2D eigenvalue weighted by Gasteiger charge is -2.04. The molecule has 3 aromatic heterocycles. The van der Waals surface area contributed by atoms with E-state index in [-0.39, 0.29) is 9.90 Å². The molecular weight excluding hydrogens is 394 g/mol. The van der Waals surface area contributed by atoms with Crippen LogP contribution in [0.4, 0.5) is 0 Å². The van der Waals surface area contributed by atoms with Gasteiger partial charge in [0, 0.05) is 17.3 Å². The van der Waals surface area contributed by atoms with Gasteiger partial charge in [-0.3, -0.25) is 4.79 Å². The Labute approximate surface area is 160 Å². The number of carbonyl (C=O) groups is 1. The van der Waals surface area contributed by atoms with Crippen LogP contribution in [0.15, 0.2) is 22.7 Å². The molecule has 0 spiro atoms. The van der Waals surface area contributed by atoms with Crippen molar-refractivity contribution in [3.63, 3.8) is 0 Å². The number of hydrogen-bond acceptors (Lipinski definition) is 5. The maximum absolute atomic E-state index is 12.6. The van der Waals surface area contributed by atoms with Gasteiger partial charge in [-0.15, -0.1) is 11.3 Å². The lowest BCUT2D eigenvalue weighted by molar-refractivity contribution is 0.0977. The highest BCUT2D eigenvalue weighted by atomic mass is 35.5. The number of carbonyl (C=O) groups excluding carboxylic acids is 1. The van der Waals surface area contributed by atoms with E-state index in [1.54, 1.807) is 17.4 Å². The zero-order chi connectivity index (χ0) is 19.2. The summed E-state index contributed by atoms with van der Waals surface area (Å²) in [5, 5.41) is 0.409. The summed E-state index contributed by atoms with van der Waals surface area (Å²) in [6.07, 6.45) is 4.07. The fourth-order valence-corrected chi connectivity index (χ4v) is 5.71. The maximum atomic E-state index is 12.6. The minimum Gasteiger partial charge on any atom is -0.305 e. The minimum absolute atomic E-state index is 0.00798. The third-order valence-corrected chi connectivity index (χ3v) is 7.86. The number of hydrogen-bond donors (Lipinski definition) is 1. The molecule has 0 aliphatic carbocycles. The molecule has 0 aliphatic rings. The van der Waals surface area contributed by atoms with Crippen LogP contribution < -0.4 is 4.72 Å². The second-order valence-electron chi connectivity index (χ2n) is 6.04. The molecule has 9 heteroatoms. The van der Waals surface area contributed by atoms with Crippen LogP contribution in [0.2, 0.25) is 5.02 Å². The van der Waals surface area contributed by atoms with Crippen LogP contribution in [0.1, 0.15) is 39.0 Å². The van der Waals surface area contributed by atoms with Gasteiger partial charge >= 0.3 is 0 Å². The Morgan fingerprint density at radius 3 is 2.54 bits per heavy atom. The number of imidazole rings is 1. The molecule has 3 rings (SSSR count). The number of amides is 1. The number of aryl methyl sites for hydroxylation is 2. The van der Waals surface area contributed by atoms with Crippen molar-refractivity contribution in [2.45, 2.75) is 38.3 Å². The van der Waals surface area contributed by atoms with Crippen LogP contribution in [0.5, 0.6) is 0 Å². The predicted octanol–water partition coefficient (Wildman–Crippen LogP) is 3.66. The van der Waals surface area contributed by atoms with Crippen LogP contribution in [-0.4, -0.2) is 23.7 Å². The molecule has 0 saturated carbocycles. The summed E-state index contributed by atoms with van der Waals surface area (Å²) in [4.78, 5) is 17.5. The van der Waals surface area contributed by atoms with E-state index in [1.165, 1.54) is 6.20 Å². The zero-order valence-corrected chi connectivity index (χ0v) is 17.1. The van der Waals surface area contributed by atoms with Gasteiger partial charge in [-0.1, -0.05) is 18.5 Å². The van der Waals surface area contributed by atoms with Crippen molar-refractivity contribution in [3.05, 3.63) is 50.7 Å². The number of nitrogens with zero attached hydrogens (tertiary/aromatic N) is 2. The van der Waals surface area contributed by atoms with Gasteiger partial charge in [0.05, 0.1) is 5.02 Å². The van der Waals surface area contributed by atoms with Gasteiger partial charge in [0.2, 0.25) is 0 Å². The highest BCUT2D eigenvalue weighted by Crippen LogP contribution is 2.30. The Hall–Kier alpha value is -1.90. The standard InChI is InChI=1S/C17H18ClN3O3S2/c1-5-12-6-13(18)15-19-14(8-21(15)7-12)16(22)20-26(23,24)17-10(3)9(2)11(4)25-17/h6-8H,5H2,1-4H3,(H,20,22). The fourth-order valence-electron chi connectivity index (χ4n) is 2.60. The van der Waals surface area contributed by atoms with E-state index in [0.29, 0.717) is 16.2 Å². The van der Waals surface area contributed by atoms with E-state index in [4.69, 9.17) is 11.6 Å². The SMILES string of the molecule is CCc1cc(Cl)c2nc(C(=O)NS(=O)(=O)c3sc(C)c(C)c3C)cn2c1. The van der Waals surface area contributed by atoms with Crippen LogP contribution in [0, 0.1) is 20.8 Å². The van der Waals surface area contributed by atoms with Crippen molar-refractivity contribution in [2.24, 2.45) is 0 Å². The number of thiophene rings is 1. The summed E-state index contributed by atoms with van der Waals surface area (Å²) in [5.41, 5.74) is 2.95. The first kappa shape index (κ1) is 18.9. The van der Waals surface area contributed by atoms with Crippen molar-refractivity contribution in [3.8, 4) is 0 Å². The molecule has 6 nitrogen and oxygen atoms in total. The fraction of sp³-hybridized carbons (Fsp3) is 0.294. The lowest BCUT2D eigenvalue weighted by atomic mass is 10.2. The van der Waals surface area contributed by atoms with Gasteiger partial charge in [-0.25, -0.2) is 18.1 Å². The number of rotatable bonds is 4. The molecule has 3 aromatic rings. The predicted molar refractivity (Wildman–Crippen MR) is 103 cm³/mol. The van der Waals surface area contributed by atoms with Crippen LogP contribution >= 0.6 is 22.9 Å². The quantitative estimate of drug-likeness (QED) is 0.710. The maximum Gasteiger partial charge on any atom is 0.285 e. The molecule has 0 bridgehead atoms. The summed E-state index contributed by atoms with van der Waals surface area (Å²) in [7, 11) is -3.96. The van der Waals surface area contributed by atoms with Gasteiger partial charge in [0.15, 0.2) is 5.65 Å². The second kappa shape index (κ2) is 6.68. The van der Waals surface area contributed by atoms with E-state index in [0.717, 1.165) is 33.8 Å². The first-order chi connectivity index (χ1) is 12.1. The van der Waals surface area contributed by atoms with Gasteiger partial charge in [0.1, 0.15) is 9.90 Å². The molecular formula is C17H18ClN3O3S2. The van der Waals surface area contributed by atoms with Crippen LogP contribution in [0.3, 0.4) is 0 Å². The molecule has 26 heavy (non-hydrogen) atoms. The van der Waals surface area contributed by atoms with Crippen LogP contribution in [-0.2, 0) is 16.4 Å². The van der Waals surface area contributed by atoms with Crippen LogP contribution in [0.25, 0.3) is 5.65 Å². The molecule has 0 saturated heterocycles. The zero-order valence-electron chi connectivity index (χ0n) is 14.8. The van der Waals surface area contributed by atoms with Crippen molar-refractivity contribution >= 4 is 44.5 Å². The number of sulfonamides is 1. The Bertz CT molecular complexity index is 1130. The molecule has 138 valence electrons. The summed E-state index contributed by atoms with van der Waals surface area (Å²) in [6, 6.07) is 1.78. The Morgan fingerprint density at radius 1 is 1.27 bits per heavy atom. The molecule has 1 N–H and O–H groups in total. The van der Waals surface area contributed by atoms with Gasteiger partial charge in [-0.05, 0) is 49.9 Å². The first-order valence-electron chi connectivity index (χ1n) is 7.95. The molecule has 1 amide bonds. The normalized spacial score (nSPS) is 11.9. The lowest BCUT2D eigenvalue weighted by Crippen LogP contribution is -2.30. The van der Waals surface area contributed by atoms with E-state index < -0.39 is 15.9 Å². The smallest absolute Gasteiger partial charge is 0.285 e. The van der Waals surface area contributed by atoms with Gasteiger partial charge < -0.3 is 4.40 Å².